The lowest BCUT2D eigenvalue weighted by Crippen LogP contribution is -2.13. The lowest BCUT2D eigenvalue weighted by atomic mass is 9.98. The summed E-state index contributed by atoms with van der Waals surface area (Å²) in [5.74, 6) is -0.0734. The number of hydrogen-bond acceptors (Lipinski definition) is 3. The molecular weight excluding hydrogens is 340 g/mol. The monoisotopic (exact) mass is 364 g/mol. The van der Waals surface area contributed by atoms with E-state index in [1.807, 2.05) is 32.0 Å². The predicted octanol–water partition coefficient (Wildman–Crippen LogP) is 3.78. The number of hydrogen-bond donors (Lipinski definition) is 3. The highest BCUT2D eigenvalue weighted by atomic mass is 16.3. The number of carbonyl (C=O) groups is 1. The number of rotatable bonds is 6. The number of carbonyl (C=O) groups excluding carboxylic acids is 1. The lowest BCUT2D eigenvalue weighted by molar-refractivity contribution is 0.1000. The quantitative estimate of drug-likeness (QED) is 0.622. The number of nitrogens with zero attached hydrogens (tertiary/aromatic N) is 1. The van der Waals surface area contributed by atoms with E-state index in [2.05, 4.69) is 4.57 Å². The van der Waals surface area contributed by atoms with Crippen molar-refractivity contribution in [2.45, 2.75) is 33.2 Å². The molecule has 140 valence electrons. The number of primary amides is 1. The minimum Gasteiger partial charge on any atom is -0.508 e. The van der Waals surface area contributed by atoms with E-state index in [4.69, 9.17) is 5.73 Å². The van der Waals surface area contributed by atoms with Gasteiger partial charge < -0.3 is 20.5 Å². The SMILES string of the molecule is CCc1c(-c2cccc(O)c2)c(C(N)=O)c(C)n1CCc1ccc(O)cc1. The standard InChI is InChI=1S/C22H24N2O3/c1-3-19-21(16-5-4-6-18(26)13-16)20(22(23)27)14(2)24(19)12-11-15-7-9-17(25)10-8-15/h4-10,13,25-26H,3,11-12H2,1-2H3,(H2,23,27). The molecule has 3 aromatic rings. The molecule has 0 bridgehead atoms. The maximum absolute atomic E-state index is 12.2. The second-order valence-corrected chi connectivity index (χ2v) is 6.62. The molecule has 5 heteroatoms. The summed E-state index contributed by atoms with van der Waals surface area (Å²) >= 11 is 0. The zero-order valence-electron chi connectivity index (χ0n) is 15.6. The molecule has 0 unspecified atom stereocenters. The molecular formula is C22H24N2O3. The van der Waals surface area contributed by atoms with E-state index in [-0.39, 0.29) is 11.5 Å². The predicted molar refractivity (Wildman–Crippen MR) is 106 cm³/mol. The number of phenols is 2. The molecule has 0 atom stereocenters. The first kappa shape index (κ1) is 18.6. The van der Waals surface area contributed by atoms with Crippen molar-refractivity contribution in [3.05, 3.63) is 71.0 Å². The zero-order valence-corrected chi connectivity index (χ0v) is 15.6. The molecule has 0 spiro atoms. The van der Waals surface area contributed by atoms with Gasteiger partial charge in [0.15, 0.2) is 0 Å². The normalized spacial score (nSPS) is 10.9. The highest BCUT2D eigenvalue weighted by Crippen LogP contribution is 2.34. The van der Waals surface area contributed by atoms with E-state index < -0.39 is 5.91 Å². The molecule has 0 fully saturated rings. The van der Waals surface area contributed by atoms with E-state index in [1.165, 1.54) is 0 Å². The number of phenolic OH excluding ortho intramolecular Hbond substituents is 2. The molecule has 1 amide bonds. The van der Waals surface area contributed by atoms with Gasteiger partial charge in [-0.05, 0) is 55.2 Å². The molecule has 3 rings (SSSR count). The van der Waals surface area contributed by atoms with E-state index in [0.717, 1.165) is 40.9 Å². The van der Waals surface area contributed by atoms with Crippen LogP contribution in [0, 0.1) is 6.92 Å². The Hall–Kier alpha value is -3.21. The molecule has 0 saturated heterocycles. The summed E-state index contributed by atoms with van der Waals surface area (Å²) in [5.41, 5.74) is 10.7. The largest absolute Gasteiger partial charge is 0.508 e. The van der Waals surface area contributed by atoms with Gasteiger partial charge >= 0.3 is 0 Å². The van der Waals surface area contributed by atoms with Gasteiger partial charge in [-0.15, -0.1) is 0 Å². The Morgan fingerprint density at radius 1 is 1.07 bits per heavy atom. The average Bonchev–Trinajstić information content (AvgIpc) is 2.93. The van der Waals surface area contributed by atoms with Crippen molar-refractivity contribution in [1.29, 1.82) is 0 Å². The fourth-order valence-corrected chi connectivity index (χ4v) is 3.65. The van der Waals surface area contributed by atoms with Gasteiger partial charge in [-0.2, -0.15) is 0 Å². The molecule has 0 radical (unpaired) electrons. The first-order valence-electron chi connectivity index (χ1n) is 9.01. The summed E-state index contributed by atoms with van der Waals surface area (Å²) < 4.78 is 2.13. The third kappa shape index (κ3) is 3.67. The van der Waals surface area contributed by atoms with Crippen LogP contribution >= 0.6 is 0 Å². The third-order valence-corrected chi connectivity index (χ3v) is 4.91. The Labute approximate surface area is 158 Å². The van der Waals surface area contributed by atoms with Crippen LogP contribution < -0.4 is 5.73 Å². The Morgan fingerprint density at radius 2 is 1.78 bits per heavy atom. The van der Waals surface area contributed by atoms with Crippen LogP contribution in [0.15, 0.2) is 48.5 Å². The fourth-order valence-electron chi connectivity index (χ4n) is 3.65. The fraction of sp³-hybridized carbons (Fsp3) is 0.227. The maximum atomic E-state index is 12.2. The summed E-state index contributed by atoms with van der Waals surface area (Å²) in [4.78, 5) is 12.2. The van der Waals surface area contributed by atoms with E-state index in [0.29, 0.717) is 12.1 Å². The molecule has 0 aliphatic carbocycles. The van der Waals surface area contributed by atoms with Crippen molar-refractivity contribution in [2.24, 2.45) is 5.73 Å². The molecule has 0 aliphatic heterocycles. The van der Waals surface area contributed by atoms with E-state index in [1.54, 1.807) is 30.3 Å². The van der Waals surface area contributed by atoms with Gasteiger partial charge in [0.1, 0.15) is 11.5 Å². The molecule has 5 nitrogen and oxygen atoms in total. The number of nitrogens with two attached hydrogens (primary N) is 1. The first-order chi connectivity index (χ1) is 12.9. The van der Waals surface area contributed by atoms with Crippen molar-refractivity contribution in [3.8, 4) is 22.6 Å². The number of aromatic nitrogens is 1. The molecule has 1 heterocycles. The molecule has 2 aromatic carbocycles. The number of amides is 1. The van der Waals surface area contributed by atoms with Gasteiger partial charge in [-0.1, -0.05) is 31.2 Å². The van der Waals surface area contributed by atoms with Crippen LogP contribution in [0.4, 0.5) is 0 Å². The van der Waals surface area contributed by atoms with Crippen LogP contribution in [0.2, 0.25) is 0 Å². The molecule has 4 N–H and O–H groups in total. The summed E-state index contributed by atoms with van der Waals surface area (Å²) in [5, 5.41) is 19.3. The van der Waals surface area contributed by atoms with Gasteiger partial charge in [0.2, 0.25) is 0 Å². The highest BCUT2D eigenvalue weighted by molar-refractivity contribution is 6.02. The Kier molecular flexibility index (Phi) is 5.21. The maximum Gasteiger partial charge on any atom is 0.251 e. The van der Waals surface area contributed by atoms with Crippen molar-refractivity contribution in [3.63, 3.8) is 0 Å². The van der Waals surface area contributed by atoms with Gasteiger partial charge in [0.05, 0.1) is 5.56 Å². The Balaban J connectivity index is 2.07. The van der Waals surface area contributed by atoms with Crippen molar-refractivity contribution in [2.75, 3.05) is 0 Å². The number of aryl methyl sites for hydroxylation is 1. The van der Waals surface area contributed by atoms with E-state index >= 15 is 0 Å². The van der Waals surface area contributed by atoms with E-state index in [9.17, 15) is 15.0 Å². The van der Waals surface area contributed by atoms with Crippen LogP contribution in [0.3, 0.4) is 0 Å². The molecule has 1 aromatic heterocycles. The van der Waals surface area contributed by atoms with Crippen LogP contribution in [-0.2, 0) is 19.4 Å². The van der Waals surface area contributed by atoms with Crippen LogP contribution in [-0.4, -0.2) is 20.7 Å². The first-order valence-corrected chi connectivity index (χ1v) is 9.01. The zero-order chi connectivity index (χ0) is 19.6. The summed E-state index contributed by atoms with van der Waals surface area (Å²) in [6.45, 7) is 4.64. The molecule has 0 aliphatic rings. The van der Waals surface area contributed by atoms with Crippen LogP contribution in [0.25, 0.3) is 11.1 Å². The number of benzene rings is 2. The van der Waals surface area contributed by atoms with Crippen LogP contribution in [0.1, 0.15) is 34.2 Å². The lowest BCUT2D eigenvalue weighted by Gasteiger charge is -2.12. The minimum atomic E-state index is -0.469. The average molecular weight is 364 g/mol. The summed E-state index contributed by atoms with van der Waals surface area (Å²) in [6, 6.07) is 14.0. The van der Waals surface area contributed by atoms with Gasteiger partial charge in [0.25, 0.3) is 5.91 Å². The minimum absolute atomic E-state index is 0.152. The van der Waals surface area contributed by atoms with Gasteiger partial charge in [0, 0.05) is 23.5 Å². The summed E-state index contributed by atoms with van der Waals surface area (Å²) in [6.07, 6.45) is 1.50. The van der Waals surface area contributed by atoms with Gasteiger partial charge in [-0.25, -0.2) is 0 Å². The second-order valence-electron chi connectivity index (χ2n) is 6.62. The molecule has 0 saturated carbocycles. The Morgan fingerprint density at radius 3 is 2.37 bits per heavy atom. The Bertz CT molecular complexity index is 972. The topological polar surface area (TPSA) is 88.5 Å². The smallest absolute Gasteiger partial charge is 0.251 e. The third-order valence-electron chi connectivity index (χ3n) is 4.91. The van der Waals surface area contributed by atoms with Crippen molar-refractivity contribution in [1.82, 2.24) is 4.57 Å². The summed E-state index contributed by atoms with van der Waals surface area (Å²) in [7, 11) is 0. The van der Waals surface area contributed by atoms with Crippen molar-refractivity contribution < 1.29 is 15.0 Å². The van der Waals surface area contributed by atoms with Crippen LogP contribution in [0.5, 0.6) is 11.5 Å². The second kappa shape index (κ2) is 7.58. The van der Waals surface area contributed by atoms with Gasteiger partial charge in [-0.3, -0.25) is 4.79 Å². The highest BCUT2D eigenvalue weighted by Gasteiger charge is 2.24. The number of aromatic hydroxyl groups is 2. The van der Waals surface area contributed by atoms with Crippen molar-refractivity contribution >= 4 is 5.91 Å². The molecule has 27 heavy (non-hydrogen) atoms.